The average molecular weight is 269 g/mol. The van der Waals surface area contributed by atoms with Crippen molar-refractivity contribution in [1.82, 2.24) is 4.90 Å². The first-order chi connectivity index (χ1) is 8.69. The molecule has 1 N–H and O–H groups in total. The van der Waals surface area contributed by atoms with E-state index in [1.54, 1.807) is 4.90 Å². The highest BCUT2D eigenvalue weighted by Gasteiger charge is 2.32. The van der Waals surface area contributed by atoms with Gasteiger partial charge in [-0.15, -0.1) is 6.58 Å². The molecule has 1 aliphatic rings. The second-order valence-corrected chi connectivity index (χ2v) is 6.54. The van der Waals surface area contributed by atoms with E-state index in [1.807, 2.05) is 27.7 Å². The van der Waals surface area contributed by atoms with Crippen molar-refractivity contribution in [2.24, 2.45) is 5.92 Å². The average Bonchev–Trinajstić information content (AvgIpc) is 2.72. The maximum absolute atomic E-state index is 11.9. The first kappa shape index (κ1) is 16.0. The molecule has 110 valence electrons. The van der Waals surface area contributed by atoms with E-state index in [9.17, 15) is 9.90 Å². The Morgan fingerprint density at radius 3 is 2.68 bits per heavy atom. The molecule has 1 amide bonds. The number of hydrogen-bond donors (Lipinski definition) is 1. The molecule has 4 heteroatoms. The van der Waals surface area contributed by atoms with Gasteiger partial charge < -0.3 is 14.7 Å². The van der Waals surface area contributed by atoms with Crippen LogP contribution in [0.15, 0.2) is 12.2 Å². The Morgan fingerprint density at radius 1 is 1.53 bits per heavy atom. The fourth-order valence-corrected chi connectivity index (χ4v) is 2.22. The molecule has 0 aromatic carbocycles. The number of likely N-dealkylation sites (tertiary alicyclic amines) is 1. The Labute approximate surface area is 116 Å². The van der Waals surface area contributed by atoms with Crippen LogP contribution in [0.3, 0.4) is 0 Å². The van der Waals surface area contributed by atoms with Crippen molar-refractivity contribution in [2.45, 2.75) is 58.7 Å². The van der Waals surface area contributed by atoms with Crippen LogP contribution >= 0.6 is 0 Å². The van der Waals surface area contributed by atoms with E-state index in [4.69, 9.17) is 4.74 Å². The normalized spacial score (nSPS) is 21.3. The molecule has 0 spiro atoms. The molecule has 1 saturated heterocycles. The van der Waals surface area contributed by atoms with Crippen molar-refractivity contribution in [2.75, 3.05) is 13.1 Å². The van der Waals surface area contributed by atoms with E-state index in [1.165, 1.54) is 0 Å². The van der Waals surface area contributed by atoms with Crippen molar-refractivity contribution in [3.63, 3.8) is 0 Å². The van der Waals surface area contributed by atoms with Gasteiger partial charge in [0.1, 0.15) is 5.60 Å². The lowest BCUT2D eigenvalue weighted by Gasteiger charge is -2.25. The van der Waals surface area contributed by atoms with Crippen LogP contribution in [0.5, 0.6) is 0 Å². The Hall–Kier alpha value is -1.03. The quantitative estimate of drug-likeness (QED) is 0.798. The molecule has 4 nitrogen and oxygen atoms in total. The number of allylic oxidation sites excluding steroid dienone is 1. The van der Waals surface area contributed by atoms with E-state index >= 15 is 0 Å². The van der Waals surface area contributed by atoms with Crippen LogP contribution < -0.4 is 0 Å². The van der Waals surface area contributed by atoms with Crippen molar-refractivity contribution in [3.8, 4) is 0 Å². The van der Waals surface area contributed by atoms with Gasteiger partial charge in [-0.25, -0.2) is 4.79 Å². The highest BCUT2D eigenvalue weighted by molar-refractivity contribution is 5.68. The molecule has 0 aromatic rings. The molecule has 1 rings (SSSR count). The molecule has 0 radical (unpaired) electrons. The fraction of sp³-hybridized carbons (Fsp3) is 0.800. The van der Waals surface area contributed by atoms with Crippen molar-refractivity contribution in [1.29, 1.82) is 0 Å². The summed E-state index contributed by atoms with van der Waals surface area (Å²) in [7, 11) is 0. The molecule has 0 aliphatic carbocycles. The molecule has 2 unspecified atom stereocenters. The largest absolute Gasteiger partial charge is 0.444 e. The highest BCUT2D eigenvalue weighted by Crippen LogP contribution is 2.24. The molecule has 0 aromatic heterocycles. The summed E-state index contributed by atoms with van der Waals surface area (Å²) in [5.41, 5.74) is 0.620. The van der Waals surface area contributed by atoms with E-state index < -0.39 is 5.60 Å². The number of nitrogens with zero attached hydrogens (tertiary/aromatic N) is 1. The minimum Gasteiger partial charge on any atom is -0.444 e. The van der Waals surface area contributed by atoms with E-state index in [0.717, 1.165) is 24.8 Å². The zero-order valence-corrected chi connectivity index (χ0v) is 12.6. The van der Waals surface area contributed by atoms with Crippen LogP contribution in [0.25, 0.3) is 0 Å². The smallest absolute Gasteiger partial charge is 0.410 e. The Kier molecular flexibility index (Phi) is 5.41. The predicted octanol–water partition coefficient (Wildman–Crippen LogP) is 2.96. The summed E-state index contributed by atoms with van der Waals surface area (Å²) in [5, 5.41) is 10.1. The molecular weight excluding hydrogens is 242 g/mol. The topological polar surface area (TPSA) is 49.8 Å². The first-order valence-corrected chi connectivity index (χ1v) is 6.99. The number of carbonyl (C=O) groups is 1. The third kappa shape index (κ3) is 5.64. The van der Waals surface area contributed by atoms with Crippen molar-refractivity contribution < 1.29 is 14.6 Å². The summed E-state index contributed by atoms with van der Waals surface area (Å²) >= 11 is 0. The predicted molar refractivity (Wildman–Crippen MR) is 76.0 cm³/mol. The Bertz CT molecular complexity index is 333. The number of carbonyl (C=O) groups excluding carboxylic acids is 1. The van der Waals surface area contributed by atoms with Gasteiger partial charge in [0.05, 0.1) is 6.10 Å². The van der Waals surface area contributed by atoms with Gasteiger partial charge in [-0.05, 0) is 47.0 Å². The van der Waals surface area contributed by atoms with Crippen molar-refractivity contribution in [3.05, 3.63) is 12.2 Å². The Morgan fingerprint density at radius 2 is 2.16 bits per heavy atom. The van der Waals surface area contributed by atoms with Gasteiger partial charge in [-0.2, -0.15) is 0 Å². The summed E-state index contributed by atoms with van der Waals surface area (Å²) in [5.74, 6) is 0.159. The third-order valence-corrected chi connectivity index (χ3v) is 3.29. The zero-order chi connectivity index (χ0) is 14.6. The summed E-state index contributed by atoms with van der Waals surface area (Å²) < 4.78 is 5.34. The van der Waals surface area contributed by atoms with Gasteiger partial charge in [0.25, 0.3) is 0 Å². The molecule has 1 heterocycles. The SMILES string of the molecule is C=C(C)CCC(O)C1CCN(C(=O)OC(C)(C)C)C1. The summed E-state index contributed by atoms with van der Waals surface area (Å²) in [6.45, 7) is 12.7. The van der Waals surface area contributed by atoms with Crippen LogP contribution in [0.4, 0.5) is 4.79 Å². The number of rotatable bonds is 4. The minimum absolute atomic E-state index is 0.159. The second-order valence-electron chi connectivity index (χ2n) is 6.54. The zero-order valence-electron chi connectivity index (χ0n) is 12.6. The van der Waals surface area contributed by atoms with E-state index in [2.05, 4.69) is 6.58 Å². The van der Waals surface area contributed by atoms with Gasteiger partial charge in [0.15, 0.2) is 0 Å². The number of amides is 1. The highest BCUT2D eigenvalue weighted by atomic mass is 16.6. The van der Waals surface area contributed by atoms with Crippen LogP contribution in [-0.4, -0.2) is 40.9 Å². The summed E-state index contributed by atoms with van der Waals surface area (Å²) in [4.78, 5) is 13.6. The maximum Gasteiger partial charge on any atom is 0.410 e. The van der Waals surface area contributed by atoms with Crippen LogP contribution in [0, 0.1) is 5.92 Å². The molecule has 1 aliphatic heterocycles. The van der Waals surface area contributed by atoms with Gasteiger partial charge >= 0.3 is 6.09 Å². The molecule has 0 saturated carbocycles. The molecule has 19 heavy (non-hydrogen) atoms. The van der Waals surface area contributed by atoms with Crippen molar-refractivity contribution >= 4 is 6.09 Å². The Balaban J connectivity index is 2.40. The van der Waals surface area contributed by atoms with Crippen LogP contribution in [-0.2, 0) is 4.74 Å². The number of aliphatic hydroxyl groups is 1. The molecule has 0 bridgehead atoms. The summed E-state index contributed by atoms with van der Waals surface area (Å²) in [6.07, 6.45) is 1.77. The molecule has 1 fully saturated rings. The third-order valence-electron chi connectivity index (χ3n) is 3.29. The van der Waals surface area contributed by atoms with Gasteiger partial charge in [-0.3, -0.25) is 0 Å². The lowest BCUT2D eigenvalue weighted by atomic mass is 9.96. The lowest BCUT2D eigenvalue weighted by molar-refractivity contribution is 0.0266. The number of hydrogen-bond acceptors (Lipinski definition) is 3. The van der Waals surface area contributed by atoms with Gasteiger partial charge in [0.2, 0.25) is 0 Å². The molecule has 2 atom stereocenters. The monoisotopic (exact) mass is 269 g/mol. The van der Waals surface area contributed by atoms with E-state index in [0.29, 0.717) is 13.1 Å². The fourth-order valence-electron chi connectivity index (χ4n) is 2.22. The lowest BCUT2D eigenvalue weighted by Crippen LogP contribution is -2.36. The van der Waals surface area contributed by atoms with Gasteiger partial charge in [-0.1, -0.05) is 5.57 Å². The minimum atomic E-state index is -0.465. The number of ether oxygens (including phenoxy) is 1. The van der Waals surface area contributed by atoms with Crippen LogP contribution in [0.1, 0.15) is 47.0 Å². The number of aliphatic hydroxyl groups excluding tert-OH is 1. The second kappa shape index (κ2) is 6.42. The first-order valence-electron chi connectivity index (χ1n) is 6.99. The van der Waals surface area contributed by atoms with E-state index in [-0.39, 0.29) is 18.1 Å². The molecular formula is C15H27NO3. The summed E-state index contributed by atoms with van der Waals surface area (Å²) in [6, 6.07) is 0. The standard InChI is InChI=1S/C15H27NO3/c1-11(2)6-7-13(17)12-8-9-16(10-12)14(18)19-15(3,4)5/h12-13,17H,1,6-10H2,2-5H3. The maximum atomic E-state index is 11.9. The van der Waals surface area contributed by atoms with Crippen LogP contribution in [0.2, 0.25) is 0 Å². The van der Waals surface area contributed by atoms with Gasteiger partial charge in [0, 0.05) is 19.0 Å².